The van der Waals surface area contributed by atoms with Crippen molar-refractivity contribution in [3.63, 3.8) is 0 Å². The largest absolute Gasteiger partial charge is 0.459 e. The Balaban J connectivity index is 1.59. The average Bonchev–Trinajstić information content (AvgIpc) is 2.59. The fraction of sp³-hybridized carbons (Fsp3) is 0.550. The van der Waals surface area contributed by atoms with E-state index in [1.54, 1.807) is 18.3 Å². The first-order valence-electron chi connectivity index (χ1n) is 8.98. The highest BCUT2D eigenvalue weighted by atomic mass is 16.5. The third-order valence-electron chi connectivity index (χ3n) is 5.27. The molecule has 0 spiro atoms. The Labute approximate surface area is 148 Å². The summed E-state index contributed by atoms with van der Waals surface area (Å²) in [7, 11) is 0. The summed E-state index contributed by atoms with van der Waals surface area (Å²) in [6, 6.07) is 6.80. The van der Waals surface area contributed by atoms with Crippen LogP contribution in [0.1, 0.15) is 52.1 Å². The van der Waals surface area contributed by atoms with Crippen molar-refractivity contribution in [2.75, 3.05) is 0 Å². The van der Waals surface area contributed by atoms with Gasteiger partial charge in [-0.25, -0.2) is 4.98 Å². The van der Waals surface area contributed by atoms with Gasteiger partial charge in [-0.15, -0.1) is 0 Å². The van der Waals surface area contributed by atoms with Crippen molar-refractivity contribution in [1.29, 1.82) is 0 Å². The van der Waals surface area contributed by atoms with E-state index in [-0.39, 0.29) is 24.1 Å². The van der Waals surface area contributed by atoms with Crippen LogP contribution in [0.5, 0.6) is 0 Å². The van der Waals surface area contributed by atoms with E-state index in [1.807, 2.05) is 6.07 Å². The van der Waals surface area contributed by atoms with Crippen LogP contribution in [0.2, 0.25) is 0 Å². The molecule has 5 nitrogen and oxygen atoms in total. The highest BCUT2D eigenvalue weighted by Gasteiger charge is 2.33. The molecule has 1 aliphatic carbocycles. The van der Waals surface area contributed by atoms with E-state index in [2.05, 4.69) is 25.8 Å². The molecule has 2 aromatic heterocycles. The highest BCUT2D eigenvalue weighted by Crippen LogP contribution is 2.40. The number of ether oxygens (including phenoxy) is 1. The van der Waals surface area contributed by atoms with Crippen LogP contribution in [0.15, 0.2) is 35.3 Å². The molecule has 0 bridgehead atoms. The minimum atomic E-state index is -0.165. The van der Waals surface area contributed by atoms with Crippen molar-refractivity contribution >= 4 is 11.6 Å². The van der Waals surface area contributed by atoms with Crippen molar-refractivity contribution in [1.82, 2.24) is 9.38 Å². The highest BCUT2D eigenvalue weighted by molar-refractivity contribution is 5.72. The number of pyridine rings is 1. The monoisotopic (exact) mass is 342 g/mol. The first-order valence-corrected chi connectivity index (χ1v) is 8.98. The van der Waals surface area contributed by atoms with Gasteiger partial charge >= 0.3 is 5.97 Å². The van der Waals surface area contributed by atoms with Gasteiger partial charge in [-0.2, -0.15) is 0 Å². The summed E-state index contributed by atoms with van der Waals surface area (Å²) < 4.78 is 6.91. The lowest BCUT2D eigenvalue weighted by molar-refractivity contribution is -0.151. The Morgan fingerprint density at radius 3 is 2.64 bits per heavy atom. The molecule has 0 amide bonds. The first-order chi connectivity index (χ1) is 11.8. The molecule has 3 rings (SSSR count). The van der Waals surface area contributed by atoms with Gasteiger partial charge in [0.25, 0.3) is 5.56 Å². The van der Waals surface area contributed by atoms with E-state index >= 15 is 0 Å². The molecule has 1 aliphatic rings. The van der Waals surface area contributed by atoms with Crippen molar-refractivity contribution in [3.05, 3.63) is 46.5 Å². The Morgan fingerprint density at radius 1 is 1.24 bits per heavy atom. The molecule has 25 heavy (non-hydrogen) atoms. The Morgan fingerprint density at radius 2 is 1.96 bits per heavy atom. The van der Waals surface area contributed by atoms with Gasteiger partial charge in [0, 0.05) is 12.3 Å². The van der Waals surface area contributed by atoms with Gasteiger partial charge in [0.15, 0.2) is 0 Å². The van der Waals surface area contributed by atoms with Gasteiger partial charge in [0.2, 0.25) is 0 Å². The quantitative estimate of drug-likeness (QED) is 0.800. The zero-order valence-corrected chi connectivity index (χ0v) is 15.2. The van der Waals surface area contributed by atoms with Gasteiger partial charge < -0.3 is 4.74 Å². The molecule has 1 saturated carbocycles. The van der Waals surface area contributed by atoms with Crippen LogP contribution in [0.3, 0.4) is 0 Å². The maximum absolute atomic E-state index is 12.3. The van der Waals surface area contributed by atoms with E-state index in [0.29, 0.717) is 22.7 Å². The molecule has 0 N–H and O–H groups in total. The maximum Gasteiger partial charge on any atom is 0.309 e. The second-order valence-electron chi connectivity index (χ2n) is 8.04. The minimum absolute atomic E-state index is 0.0276. The predicted octanol–water partition coefficient (Wildman–Crippen LogP) is 3.59. The first kappa shape index (κ1) is 17.6. The average molecular weight is 342 g/mol. The third-order valence-corrected chi connectivity index (χ3v) is 5.27. The molecule has 2 heterocycles. The number of fused-ring (bicyclic) bond motifs is 1. The van der Waals surface area contributed by atoms with E-state index in [1.165, 1.54) is 10.5 Å². The normalized spacial score (nSPS) is 21.2. The lowest BCUT2D eigenvalue weighted by Gasteiger charge is -2.36. The van der Waals surface area contributed by atoms with Crippen LogP contribution in [-0.4, -0.2) is 15.4 Å². The topological polar surface area (TPSA) is 60.7 Å². The van der Waals surface area contributed by atoms with Crippen LogP contribution in [0.25, 0.3) is 5.65 Å². The van der Waals surface area contributed by atoms with E-state index in [9.17, 15) is 9.59 Å². The summed E-state index contributed by atoms with van der Waals surface area (Å²) in [5.74, 6) is 0.473. The molecule has 5 heteroatoms. The van der Waals surface area contributed by atoms with Gasteiger partial charge in [-0.05, 0) is 49.1 Å². The van der Waals surface area contributed by atoms with Crippen molar-refractivity contribution in [2.24, 2.45) is 17.3 Å². The molecule has 0 unspecified atom stereocenters. The molecule has 0 saturated heterocycles. The maximum atomic E-state index is 12.3. The van der Waals surface area contributed by atoms with E-state index in [4.69, 9.17) is 4.74 Å². The van der Waals surface area contributed by atoms with E-state index in [0.717, 1.165) is 25.7 Å². The second-order valence-corrected chi connectivity index (χ2v) is 8.04. The zero-order valence-electron chi connectivity index (χ0n) is 15.2. The lowest BCUT2D eigenvalue weighted by Crippen LogP contribution is -2.29. The fourth-order valence-electron chi connectivity index (χ4n) is 3.64. The zero-order chi connectivity index (χ0) is 18.0. The van der Waals surface area contributed by atoms with E-state index < -0.39 is 0 Å². The number of hydrogen-bond donors (Lipinski definition) is 0. The number of hydrogen-bond acceptors (Lipinski definition) is 4. The second kappa shape index (κ2) is 6.98. The van der Waals surface area contributed by atoms with Crippen LogP contribution >= 0.6 is 0 Å². The summed E-state index contributed by atoms with van der Waals surface area (Å²) in [6.45, 7) is 6.85. The third kappa shape index (κ3) is 4.09. The standard InChI is InChI=1S/C20H26N2O3/c1-20(2,3)15-9-7-14(8-10-15)19(24)25-13-16-12-18(23)22-11-5-4-6-17(22)21-16/h4-6,11-12,14-15H,7-10,13H2,1-3H3. The smallest absolute Gasteiger partial charge is 0.309 e. The van der Waals surface area contributed by atoms with Crippen molar-refractivity contribution in [2.45, 2.75) is 53.1 Å². The molecular weight excluding hydrogens is 316 g/mol. The molecule has 0 radical (unpaired) electrons. The molecule has 134 valence electrons. The van der Waals surface area contributed by atoms with Gasteiger partial charge in [0.1, 0.15) is 12.3 Å². The molecule has 0 aromatic carbocycles. The number of aromatic nitrogens is 2. The van der Waals surface area contributed by atoms with Crippen LogP contribution in [-0.2, 0) is 16.1 Å². The molecule has 1 fully saturated rings. The number of carbonyl (C=O) groups excluding carboxylic acids is 1. The molecule has 2 aromatic rings. The molecular formula is C20H26N2O3. The Bertz CT molecular complexity index is 812. The summed E-state index contributed by atoms with van der Waals surface area (Å²) in [6.07, 6.45) is 5.58. The Kier molecular flexibility index (Phi) is 4.93. The number of carbonyl (C=O) groups is 1. The van der Waals surface area contributed by atoms with Crippen LogP contribution in [0, 0.1) is 17.3 Å². The predicted molar refractivity (Wildman–Crippen MR) is 96.2 cm³/mol. The fourth-order valence-corrected chi connectivity index (χ4v) is 3.64. The summed E-state index contributed by atoms with van der Waals surface area (Å²) in [5, 5.41) is 0. The molecule has 0 atom stereocenters. The number of rotatable bonds is 3. The molecule has 0 aliphatic heterocycles. The van der Waals surface area contributed by atoms with Crippen LogP contribution < -0.4 is 5.56 Å². The number of esters is 1. The minimum Gasteiger partial charge on any atom is -0.459 e. The van der Waals surface area contributed by atoms with Crippen LogP contribution in [0.4, 0.5) is 0 Å². The summed E-state index contributed by atoms with van der Waals surface area (Å²) in [5.41, 5.74) is 1.19. The number of nitrogens with zero attached hydrogens (tertiary/aromatic N) is 2. The lowest BCUT2D eigenvalue weighted by atomic mass is 9.70. The summed E-state index contributed by atoms with van der Waals surface area (Å²) >= 11 is 0. The Hall–Kier alpha value is -2.17. The van der Waals surface area contributed by atoms with Gasteiger partial charge in [-0.3, -0.25) is 14.0 Å². The van der Waals surface area contributed by atoms with Gasteiger partial charge in [-0.1, -0.05) is 26.8 Å². The van der Waals surface area contributed by atoms with Gasteiger partial charge in [0.05, 0.1) is 11.6 Å². The van der Waals surface area contributed by atoms with Crippen molar-refractivity contribution in [3.8, 4) is 0 Å². The van der Waals surface area contributed by atoms with Crippen molar-refractivity contribution < 1.29 is 9.53 Å². The summed E-state index contributed by atoms with van der Waals surface area (Å²) in [4.78, 5) is 28.8. The SMILES string of the molecule is CC(C)(C)C1CCC(C(=O)OCc2cc(=O)n3ccccc3n2)CC1.